The van der Waals surface area contributed by atoms with Gasteiger partial charge in [0.1, 0.15) is 5.75 Å². The van der Waals surface area contributed by atoms with E-state index in [-0.39, 0.29) is 18.7 Å². The minimum Gasteiger partial charge on any atom is -0.503 e. The van der Waals surface area contributed by atoms with Crippen molar-refractivity contribution in [2.45, 2.75) is 6.04 Å². The van der Waals surface area contributed by atoms with E-state index in [1.54, 1.807) is 37.5 Å². The average molecular weight is 393 g/mol. The van der Waals surface area contributed by atoms with Crippen LogP contribution >= 0.6 is 0 Å². The van der Waals surface area contributed by atoms with Crippen LogP contribution in [0, 0.1) is 0 Å². The van der Waals surface area contributed by atoms with E-state index in [4.69, 9.17) is 9.47 Å². The minimum atomic E-state index is -0.698. The Hall–Kier alpha value is -3.38. The van der Waals surface area contributed by atoms with Crippen molar-refractivity contribution in [3.63, 3.8) is 0 Å². The number of carbonyl (C=O) groups is 2. The highest BCUT2D eigenvalue weighted by molar-refractivity contribution is 6.14. The van der Waals surface area contributed by atoms with Gasteiger partial charge in [-0.1, -0.05) is 48.5 Å². The van der Waals surface area contributed by atoms with E-state index in [0.29, 0.717) is 11.3 Å². The summed E-state index contributed by atoms with van der Waals surface area (Å²) in [4.78, 5) is 27.1. The maximum Gasteiger partial charge on any atom is 0.290 e. The quantitative estimate of drug-likeness (QED) is 0.697. The predicted molar refractivity (Wildman–Crippen MR) is 109 cm³/mol. The van der Waals surface area contributed by atoms with Crippen molar-refractivity contribution < 1.29 is 24.2 Å². The molecule has 1 N–H and O–H groups in total. The van der Waals surface area contributed by atoms with E-state index >= 15 is 0 Å². The Labute approximate surface area is 169 Å². The van der Waals surface area contributed by atoms with Crippen LogP contribution in [0.3, 0.4) is 0 Å². The summed E-state index contributed by atoms with van der Waals surface area (Å²) in [5.74, 6) is -0.865. The second kappa shape index (κ2) is 9.21. The molecular formula is C23H23NO5. The van der Waals surface area contributed by atoms with Crippen LogP contribution in [0.25, 0.3) is 6.08 Å². The number of aliphatic hydroxyl groups excluding tert-OH is 1. The minimum absolute atomic E-state index is 0.0588. The first-order chi connectivity index (χ1) is 14.1. The van der Waals surface area contributed by atoms with Crippen LogP contribution in [-0.2, 0) is 14.3 Å². The van der Waals surface area contributed by atoms with Gasteiger partial charge in [-0.3, -0.25) is 9.59 Å². The molecule has 1 unspecified atom stereocenters. The third kappa shape index (κ3) is 4.38. The molecule has 1 heterocycles. The zero-order valence-corrected chi connectivity index (χ0v) is 16.4. The normalized spacial score (nSPS) is 16.7. The summed E-state index contributed by atoms with van der Waals surface area (Å²) in [6.45, 7) is 0.530. The van der Waals surface area contributed by atoms with Crippen molar-refractivity contribution >= 4 is 17.8 Å². The molecule has 1 atom stereocenters. The summed E-state index contributed by atoms with van der Waals surface area (Å²) in [7, 11) is 3.10. The highest BCUT2D eigenvalue weighted by atomic mass is 16.5. The Morgan fingerprint density at radius 3 is 2.41 bits per heavy atom. The van der Waals surface area contributed by atoms with Gasteiger partial charge in [0, 0.05) is 13.7 Å². The summed E-state index contributed by atoms with van der Waals surface area (Å²) >= 11 is 0. The molecule has 0 saturated heterocycles. The Morgan fingerprint density at radius 2 is 1.79 bits per heavy atom. The number of rotatable bonds is 8. The van der Waals surface area contributed by atoms with Crippen LogP contribution in [0.2, 0.25) is 0 Å². The fraction of sp³-hybridized carbons (Fsp3) is 0.217. The Kier molecular flexibility index (Phi) is 6.46. The van der Waals surface area contributed by atoms with Gasteiger partial charge in [-0.2, -0.15) is 0 Å². The molecule has 0 aromatic heterocycles. The Balaban J connectivity index is 1.97. The predicted octanol–water partition coefficient (Wildman–Crippen LogP) is 3.32. The molecular weight excluding hydrogens is 370 g/mol. The molecule has 1 aliphatic heterocycles. The molecule has 29 heavy (non-hydrogen) atoms. The van der Waals surface area contributed by atoms with Gasteiger partial charge < -0.3 is 19.5 Å². The molecule has 0 saturated carbocycles. The second-order valence-corrected chi connectivity index (χ2v) is 6.54. The van der Waals surface area contributed by atoms with Gasteiger partial charge in [-0.05, 0) is 29.3 Å². The number of nitrogens with zero attached hydrogens (tertiary/aromatic N) is 1. The van der Waals surface area contributed by atoms with Crippen LogP contribution in [0.5, 0.6) is 5.75 Å². The molecule has 1 aliphatic rings. The largest absolute Gasteiger partial charge is 0.503 e. The molecule has 150 valence electrons. The summed E-state index contributed by atoms with van der Waals surface area (Å²) in [5.41, 5.74) is 1.61. The maximum absolute atomic E-state index is 13.0. The van der Waals surface area contributed by atoms with Crippen molar-refractivity contribution in [2.75, 3.05) is 27.4 Å². The number of carbonyl (C=O) groups excluding carboxylic acids is 2. The van der Waals surface area contributed by atoms with Crippen molar-refractivity contribution in [1.82, 2.24) is 4.90 Å². The molecule has 0 radical (unpaired) electrons. The highest BCUT2D eigenvalue weighted by Crippen LogP contribution is 2.38. The van der Waals surface area contributed by atoms with Crippen molar-refractivity contribution in [2.24, 2.45) is 0 Å². The van der Waals surface area contributed by atoms with Gasteiger partial charge in [0.15, 0.2) is 11.5 Å². The van der Waals surface area contributed by atoms with E-state index in [9.17, 15) is 14.7 Å². The van der Waals surface area contributed by atoms with Crippen LogP contribution in [0.1, 0.15) is 17.2 Å². The average Bonchev–Trinajstić information content (AvgIpc) is 3.01. The first-order valence-electron chi connectivity index (χ1n) is 9.21. The zero-order valence-electron chi connectivity index (χ0n) is 16.4. The van der Waals surface area contributed by atoms with Gasteiger partial charge in [0.2, 0.25) is 0 Å². The third-order valence-electron chi connectivity index (χ3n) is 4.76. The number of amides is 1. The molecule has 0 bridgehead atoms. The van der Waals surface area contributed by atoms with E-state index in [0.717, 1.165) is 5.56 Å². The topological polar surface area (TPSA) is 76.1 Å². The molecule has 0 aliphatic carbocycles. The van der Waals surface area contributed by atoms with Crippen LogP contribution in [-0.4, -0.2) is 49.1 Å². The number of methoxy groups -OCH3 is 2. The number of ether oxygens (including phenoxy) is 2. The number of hydrogen-bond donors (Lipinski definition) is 1. The lowest BCUT2D eigenvalue weighted by atomic mass is 9.95. The van der Waals surface area contributed by atoms with Crippen LogP contribution in [0.4, 0.5) is 0 Å². The van der Waals surface area contributed by atoms with Gasteiger partial charge in [0.05, 0.1) is 25.3 Å². The van der Waals surface area contributed by atoms with E-state index in [1.165, 1.54) is 18.1 Å². The Morgan fingerprint density at radius 1 is 1.10 bits per heavy atom. The molecule has 1 amide bonds. The summed E-state index contributed by atoms with van der Waals surface area (Å²) in [6.07, 6.45) is 3.04. The molecule has 6 heteroatoms. The maximum atomic E-state index is 13.0. The first-order valence-corrected chi connectivity index (χ1v) is 9.21. The number of allylic oxidation sites excluding steroid dienone is 1. The fourth-order valence-electron chi connectivity index (χ4n) is 3.28. The van der Waals surface area contributed by atoms with Crippen LogP contribution in [0.15, 0.2) is 72.0 Å². The van der Waals surface area contributed by atoms with Gasteiger partial charge >= 0.3 is 0 Å². The second-order valence-electron chi connectivity index (χ2n) is 6.54. The molecule has 6 nitrogen and oxygen atoms in total. The first kappa shape index (κ1) is 20.4. The van der Waals surface area contributed by atoms with Crippen molar-refractivity contribution in [1.29, 1.82) is 0 Å². The smallest absolute Gasteiger partial charge is 0.290 e. The van der Waals surface area contributed by atoms with Gasteiger partial charge in [-0.25, -0.2) is 0 Å². The van der Waals surface area contributed by atoms with Crippen LogP contribution < -0.4 is 4.74 Å². The molecule has 3 rings (SSSR count). The molecule has 0 fully saturated rings. The number of benzene rings is 2. The summed E-state index contributed by atoms with van der Waals surface area (Å²) in [5, 5.41) is 10.5. The fourth-order valence-corrected chi connectivity index (χ4v) is 3.28. The molecule has 0 spiro atoms. The SMILES string of the molecule is COCCN1C(=O)C(O)=C(C(=O)C=Cc2ccccc2)C1c1ccc(OC)cc1. The lowest BCUT2D eigenvalue weighted by Crippen LogP contribution is -2.33. The Bertz CT molecular complexity index is 932. The van der Waals surface area contributed by atoms with Gasteiger partial charge in [-0.15, -0.1) is 0 Å². The van der Waals surface area contributed by atoms with E-state index < -0.39 is 23.5 Å². The highest BCUT2D eigenvalue weighted by Gasteiger charge is 2.42. The number of ketones is 1. The third-order valence-corrected chi connectivity index (χ3v) is 4.76. The van der Waals surface area contributed by atoms with Crippen molar-refractivity contribution in [3.8, 4) is 5.75 Å². The van der Waals surface area contributed by atoms with E-state index in [1.807, 2.05) is 30.3 Å². The lowest BCUT2D eigenvalue weighted by Gasteiger charge is -2.26. The molecule has 2 aromatic rings. The monoisotopic (exact) mass is 393 g/mol. The zero-order chi connectivity index (χ0) is 20.8. The standard InChI is InChI=1S/C23H23NO5/c1-28-15-14-24-21(17-9-11-18(29-2)12-10-17)20(22(26)23(24)27)19(25)13-8-16-6-4-3-5-7-16/h3-13,21,26H,14-15H2,1-2H3. The van der Waals surface area contributed by atoms with Crippen molar-refractivity contribution in [3.05, 3.63) is 83.1 Å². The number of hydrogen-bond acceptors (Lipinski definition) is 5. The van der Waals surface area contributed by atoms with E-state index in [2.05, 4.69) is 0 Å². The number of aliphatic hydroxyl groups is 1. The van der Waals surface area contributed by atoms with Gasteiger partial charge in [0.25, 0.3) is 5.91 Å². The molecule has 2 aromatic carbocycles. The lowest BCUT2D eigenvalue weighted by molar-refractivity contribution is -0.130. The summed E-state index contributed by atoms with van der Waals surface area (Å²) in [6, 6.07) is 15.7. The summed E-state index contributed by atoms with van der Waals surface area (Å²) < 4.78 is 10.3.